The number of carbonyl (C=O) groups is 2. The van der Waals surface area contributed by atoms with Gasteiger partial charge in [0.05, 0.1) is 40.4 Å². The molecular weight excluding hydrogens is 741 g/mol. The van der Waals surface area contributed by atoms with Gasteiger partial charge in [-0.1, -0.05) is 115 Å². The maximum atomic E-state index is 12.8. The highest BCUT2D eigenvalue weighted by atomic mass is 32.2. The molecule has 2 amide bonds. The van der Waals surface area contributed by atoms with Crippen LogP contribution in [0.5, 0.6) is 0 Å². The second-order valence-electron chi connectivity index (χ2n) is 13.9. The number of benzene rings is 5. The molecule has 288 valence electrons. The summed E-state index contributed by atoms with van der Waals surface area (Å²) in [6.45, 7) is 0.410. The molecule has 7 rings (SSSR count). The maximum Gasteiger partial charge on any atom is 0.224 e. The molecule has 1 aromatic heterocycles. The third-order valence-corrected chi connectivity index (χ3v) is 12.1. The summed E-state index contributed by atoms with van der Waals surface area (Å²) in [6, 6.07) is 39.7. The molecule has 1 fully saturated rings. The number of ether oxygens (including phenoxy) is 2. The smallest absolute Gasteiger partial charge is 0.224 e. The number of anilines is 2. The van der Waals surface area contributed by atoms with E-state index in [1.54, 1.807) is 35.2 Å². The highest BCUT2D eigenvalue weighted by Crippen LogP contribution is 2.41. The fraction of sp³-hybridized carbons (Fsp3) is 0.267. The number of para-hydroxylation sites is 3. The second-order valence-corrected chi connectivity index (χ2v) is 16.2. The van der Waals surface area contributed by atoms with Crippen molar-refractivity contribution in [2.75, 3.05) is 16.8 Å². The van der Waals surface area contributed by atoms with Crippen molar-refractivity contribution in [3.05, 3.63) is 144 Å². The van der Waals surface area contributed by atoms with E-state index in [1.807, 2.05) is 72.8 Å². The second kappa shape index (κ2) is 19.2. The number of unbranched alkanes of at least 4 members (excludes halogenated alkanes) is 2. The van der Waals surface area contributed by atoms with Crippen molar-refractivity contribution in [2.24, 2.45) is 0 Å². The van der Waals surface area contributed by atoms with Gasteiger partial charge in [0.15, 0.2) is 10.6 Å². The van der Waals surface area contributed by atoms with Gasteiger partial charge in [-0.05, 0) is 64.9 Å². The number of aliphatic hydroxyl groups excluding tert-OH is 1. The van der Waals surface area contributed by atoms with E-state index in [2.05, 4.69) is 47.0 Å². The van der Waals surface area contributed by atoms with Crippen LogP contribution in [0, 0.1) is 0 Å². The van der Waals surface area contributed by atoms with E-state index in [0.717, 1.165) is 55.4 Å². The summed E-state index contributed by atoms with van der Waals surface area (Å²) in [4.78, 5) is 29.9. The van der Waals surface area contributed by atoms with Gasteiger partial charge >= 0.3 is 0 Å². The standard InChI is InChI=1S/C45H46N4O5S2/c46-37-12-6-7-13-38(37)48-43(52)17-3-1-2-16-42(51)47-27-34-10-4-5-11-36(34)31-22-24-33(25-23-31)44-53-35(26-40(54-44)32-20-18-30(28-50)19-21-32)29-55-45-49-39-14-8-9-15-41(39)56-45/h4-15,18-25,35,40,44,50H,1-3,16-17,26-29,46H2,(H,47,51)(H,48,52). The minimum atomic E-state index is -0.562. The Kier molecular flexibility index (Phi) is 13.4. The molecular formula is C45H46N4O5S2. The number of fused-ring (bicyclic) bond motifs is 1. The van der Waals surface area contributed by atoms with Gasteiger partial charge in [-0.25, -0.2) is 4.98 Å². The van der Waals surface area contributed by atoms with Crippen molar-refractivity contribution in [3.63, 3.8) is 0 Å². The Labute approximate surface area is 335 Å². The monoisotopic (exact) mass is 786 g/mol. The highest BCUT2D eigenvalue weighted by molar-refractivity contribution is 8.01. The van der Waals surface area contributed by atoms with E-state index in [4.69, 9.17) is 20.2 Å². The molecule has 2 heterocycles. The number of amides is 2. The molecule has 1 aliphatic rings. The average molecular weight is 787 g/mol. The lowest BCUT2D eigenvalue weighted by Gasteiger charge is -2.36. The molecule has 3 unspecified atom stereocenters. The molecule has 9 nitrogen and oxygen atoms in total. The number of rotatable bonds is 16. The minimum Gasteiger partial charge on any atom is -0.397 e. The Morgan fingerprint density at radius 2 is 1.52 bits per heavy atom. The number of aromatic nitrogens is 1. The Morgan fingerprint density at radius 3 is 2.30 bits per heavy atom. The van der Waals surface area contributed by atoms with Crippen LogP contribution in [0.4, 0.5) is 11.4 Å². The maximum absolute atomic E-state index is 12.8. The molecule has 0 spiro atoms. The van der Waals surface area contributed by atoms with Crippen molar-refractivity contribution in [1.29, 1.82) is 0 Å². The van der Waals surface area contributed by atoms with Gasteiger partial charge in [-0.2, -0.15) is 0 Å². The van der Waals surface area contributed by atoms with Crippen LogP contribution in [-0.4, -0.2) is 33.8 Å². The number of carbonyl (C=O) groups excluding carboxylic acids is 2. The summed E-state index contributed by atoms with van der Waals surface area (Å²) in [5.74, 6) is 0.647. The van der Waals surface area contributed by atoms with E-state index >= 15 is 0 Å². The summed E-state index contributed by atoms with van der Waals surface area (Å²) in [5.41, 5.74) is 14.0. The van der Waals surface area contributed by atoms with Crippen molar-refractivity contribution in [3.8, 4) is 11.1 Å². The van der Waals surface area contributed by atoms with Crippen LogP contribution < -0.4 is 16.4 Å². The van der Waals surface area contributed by atoms with Gasteiger partial charge in [0.2, 0.25) is 11.8 Å². The Hall–Kier alpha value is -5.04. The van der Waals surface area contributed by atoms with Gasteiger partial charge in [0.1, 0.15) is 0 Å². The van der Waals surface area contributed by atoms with Crippen molar-refractivity contribution in [1.82, 2.24) is 10.3 Å². The third-order valence-electron chi connectivity index (χ3n) is 9.81. The predicted molar refractivity (Wildman–Crippen MR) is 225 cm³/mol. The van der Waals surface area contributed by atoms with Crippen molar-refractivity contribution < 1.29 is 24.2 Å². The van der Waals surface area contributed by atoms with Crippen LogP contribution in [-0.2, 0) is 32.2 Å². The molecule has 0 aliphatic carbocycles. The van der Waals surface area contributed by atoms with Crippen LogP contribution in [0.2, 0.25) is 0 Å². The quantitative estimate of drug-likeness (QED) is 0.0433. The number of nitrogen functional groups attached to an aromatic ring is 1. The first-order chi connectivity index (χ1) is 27.4. The summed E-state index contributed by atoms with van der Waals surface area (Å²) >= 11 is 3.41. The number of hydrogen-bond acceptors (Lipinski definition) is 9. The van der Waals surface area contributed by atoms with Crippen LogP contribution in [0.15, 0.2) is 126 Å². The van der Waals surface area contributed by atoms with E-state index in [1.165, 1.54) is 4.70 Å². The lowest BCUT2D eigenvalue weighted by atomic mass is 9.97. The number of nitrogens with two attached hydrogens (primary N) is 1. The van der Waals surface area contributed by atoms with Gasteiger partial charge in [-0.15, -0.1) is 11.3 Å². The molecule has 56 heavy (non-hydrogen) atoms. The van der Waals surface area contributed by atoms with E-state index in [-0.39, 0.29) is 30.6 Å². The third kappa shape index (κ3) is 10.4. The molecule has 0 bridgehead atoms. The van der Waals surface area contributed by atoms with Crippen molar-refractivity contribution in [2.45, 2.75) is 74.5 Å². The van der Waals surface area contributed by atoms with E-state index in [0.29, 0.717) is 50.0 Å². The first kappa shape index (κ1) is 39.2. The van der Waals surface area contributed by atoms with E-state index in [9.17, 15) is 14.7 Å². The number of nitrogens with zero attached hydrogens (tertiary/aromatic N) is 1. The molecule has 0 saturated carbocycles. The van der Waals surface area contributed by atoms with Gasteiger partial charge in [0.25, 0.3) is 0 Å². The lowest BCUT2D eigenvalue weighted by Crippen LogP contribution is -2.31. The minimum absolute atomic E-state index is 0.00359. The van der Waals surface area contributed by atoms with Gasteiger partial charge in [0, 0.05) is 37.1 Å². The first-order valence-corrected chi connectivity index (χ1v) is 20.8. The van der Waals surface area contributed by atoms with Crippen molar-refractivity contribution >= 4 is 56.5 Å². The summed E-state index contributed by atoms with van der Waals surface area (Å²) in [6.07, 6.45) is 2.85. The average Bonchev–Trinajstić information content (AvgIpc) is 3.66. The SMILES string of the molecule is Nc1ccccc1NC(=O)CCCCCC(=O)NCc1ccccc1-c1ccc(C2OC(CSc3nc4ccccc4s3)CC(c3ccc(CO)cc3)O2)cc1. The molecule has 5 N–H and O–H groups in total. The topological polar surface area (TPSA) is 136 Å². The molecule has 11 heteroatoms. The number of thioether (sulfide) groups is 1. The number of thiazole rings is 1. The fourth-order valence-electron chi connectivity index (χ4n) is 6.73. The Morgan fingerprint density at radius 1 is 0.804 bits per heavy atom. The lowest BCUT2D eigenvalue weighted by molar-refractivity contribution is -0.245. The zero-order valence-corrected chi connectivity index (χ0v) is 32.7. The fourth-order valence-corrected chi connectivity index (χ4v) is 8.84. The van der Waals surface area contributed by atoms with Crippen LogP contribution in [0.25, 0.3) is 21.3 Å². The summed E-state index contributed by atoms with van der Waals surface area (Å²) < 4.78 is 15.4. The van der Waals surface area contributed by atoms with Gasteiger partial charge in [-0.3, -0.25) is 9.59 Å². The molecule has 6 aromatic rings. The molecule has 5 aromatic carbocycles. The number of aliphatic hydroxyl groups is 1. The zero-order valence-electron chi connectivity index (χ0n) is 31.1. The largest absolute Gasteiger partial charge is 0.397 e. The van der Waals surface area contributed by atoms with Crippen LogP contribution in [0.3, 0.4) is 0 Å². The summed E-state index contributed by atoms with van der Waals surface area (Å²) in [5, 5.41) is 15.5. The predicted octanol–water partition coefficient (Wildman–Crippen LogP) is 9.58. The Bertz CT molecular complexity index is 2190. The first-order valence-electron chi connectivity index (χ1n) is 19.0. The van der Waals surface area contributed by atoms with Gasteiger partial charge < -0.3 is 30.9 Å². The number of hydrogen-bond donors (Lipinski definition) is 4. The zero-order chi connectivity index (χ0) is 38.7. The van der Waals surface area contributed by atoms with Crippen LogP contribution in [0.1, 0.15) is 73.2 Å². The highest BCUT2D eigenvalue weighted by Gasteiger charge is 2.32. The number of nitrogens with one attached hydrogen (secondary N) is 2. The van der Waals surface area contributed by atoms with Crippen LogP contribution >= 0.6 is 23.1 Å². The van der Waals surface area contributed by atoms with E-state index < -0.39 is 6.29 Å². The molecule has 1 aliphatic heterocycles. The molecule has 1 saturated heterocycles. The molecule has 0 radical (unpaired) electrons. The Balaban J connectivity index is 0.940. The summed E-state index contributed by atoms with van der Waals surface area (Å²) in [7, 11) is 0. The molecule has 3 atom stereocenters. The normalized spacial score (nSPS) is 16.8.